The third-order valence-corrected chi connectivity index (χ3v) is 6.84. The van der Waals surface area contributed by atoms with E-state index in [0.717, 1.165) is 19.3 Å². The van der Waals surface area contributed by atoms with Gasteiger partial charge in [-0.05, 0) is 17.4 Å². The summed E-state index contributed by atoms with van der Waals surface area (Å²) in [7, 11) is 0. The number of nitrogens with one attached hydrogen (secondary N) is 1. The van der Waals surface area contributed by atoms with Crippen LogP contribution >= 0.6 is 0 Å². The standard InChI is InChI=1S/C26H52FN3O5/c1-3-4-5-6-7-8-9-10-11-12-13-14-15-16-21(32)17-18-33-26-24(29)25(35-27)23(28)22(34-26)19-30-20(2)31/h21-26,32H,3-19,28-29H2,1-2H3,(H,30,31). The average Bonchev–Trinajstić information content (AvgIpc) is 2.83. The topological polar surface area (TPSA) is 129 Å². The molecule has 0 aliphatic carbocycles. The summed E-state index contributed by atoms with van der Waals surface area (Å²) < 4.78 is 24.5. The van der Waals surface area contributed by atoms with E-state index in [0.29, 0.717) is 6.42 Å². The third-order valence-electron chi connectivity index (χ3n) is 6.84. The molecule has 6 atom stereocenters. The normalized spacial score (nSPS) is 25.5. The predicted molar refractivity (Wildman–Crippen MR) is 136 cm³/mol. The van der Waals surface area contributed by atoms with Crippen LogP contribution in [-0.4, -0.2) is 60.9 Å². The highest BCUT2D eigenvalue weighted by Gasteiger charge is 2.44. The molecule has 0 aromatic carbocycles. The Bertz CT molecular complexity index is 531. The first-order valence-electron chi connectivity index (χ1n) is 13.9. The molecule has 35 heavy (non-hydrogen) atoms. The molecule has 9 heteroatoms. The van der Waals surface area contributed by atoms with Crippen LogP contribution in [0.3, 0.4) is 0 Å². The molecule has 1 heterocycles. The zero-order valence-corrected chi connectivity index (χ0v) is 22.1. The van der Waals surface area contributed by atoms with Gasteiger partial charge in [0.25, 0.3) is 0 Å². The number of amides is 1. The fourth-order valence-electron chi connectivity index (χ4n) is 4.54. The Labute approximate surface area is 211 Å². The van der Waals surface area contributed by atoms with Crippen LogP contribution in [0.25, 0.3) is 0 Å². The second-order valence-electron chi connectivity index (χ2n) is 10.0. The molecule has 0 aromatic rings. The van der Waals surface area contributed by atoms with Gasteiger partial charge in [-0.25, -0.2) is 0 Å². The van der Waals surface area contributed by atoms with Crippen LogP contribution < -0.4 is 16.8 Å². The van der Waals surface area contributed by atoms with Crippen molar-refractivity contribution in [2.75, 3.05) is 13.2 Å². The van der Waals surface area contributed by atoms with Gasteiger partial charge in [-0.1, -0.05) is 90.4 Å². The number of nitrogens with two attached hydrogens (primary N) is 2. The van der Waals surface area contributed by atoms with E-state index in [9.17, 15) is 14.4 Å². The molecule has 0 bridgehead atoms. The van der Waals surface area contributed by atoms with Crippen molar-refractivity contribution in [3.63, 3.8) is 0 Å². The fourth-order valence-corrected chi connectivity index (χ4v) is 4.54. The Balaban J connectivity index is 2.09. The number of aliphatic hydroxyl groups is 1. The number of hydrogen-bond donors (Lipinski definition) is 4. The summed E-state index contributed by atoms with van der Waals surface area (Å²) in [5.41, 5.74) is 12.0. The molecular formula is C26H52FN3O5. The Morgan fingerprint density at radius 2 is 1.49 bits per heavy atom. The monoisotopic (exact) mass is 505 g/mol. The second kappa shape index (κ2) is 20.2. The lowest BCUT2D eigenvalue weighted by atomic mass is 9.95. The maximum absolute atomic E-state index is 13.0. The molecule has 6 unspecified atom stereocenters. The molecule has 0 aromatic heterocycles. The van der Waals surface area contributed by atoms with Gasteiger partial charge in [0, 0.05) is 13.5 Å². The first-order valence-corrected chi connectivity index (χ1v) is 13.9. The highest BCUT2D eigenvalue weighted by Crippen LogP contribution is 2.22. The number of unbranched alkanes of at least 4 members (excludes halogenated alkanes) is 12. The summed E-state index contributed by atoms with van der Waals surface area (Å²) in [6.07, 6.45) is 14.8. The van der Waals surface area contributed by atoms with E-state index in [2.05, 4.69) is 17.2 Å². The van der Waals surface area contributed by atoms with Crippen LogP contribution in [-0.2, 0) is 19.2 Å². The molecule has 0 saturated carbocycles. The highest BCUT2D eigenvalue weighted by atomic mass is 19.3. The molecule has 8 nitrogen and oxygen atoms in total. The number of ether oxygens (including phenoxy) is 2. The van der Waals surface area contributed by atoms with E-state index < -0.39 is 36.7 Å². The fraction of sp³-hybridized carbons (Fsp3) is 0.962. The van der Waals surface area contributed by atoms with Crippen molar-refractivity contribution in [1.82, 2.24) is 5.32 Å². The minimum absolute atomic E-state index is 0.102. The van der Waals surface area contributed by atoms with E-state index in [1.165, 1.54) is 77.6 Å². The van der Waals surface area contributed by atoms with Gasteiger partial charge >= 0.3 is 0 Å². The van der Waals surface area contributed by atoms with Crippen molar-refractivity contribution >= 4 is 5.91 Å². The SMILES string of the molecule is CCCCCCCCCCCCCCCC(O)CCOC1OC(CNC(C)=O)C(N)C(OF)C1N. The smallest absolute Gasteiger partial charge is 0.216 e. The van der Waals surface area contributed by atoms with Gasteiger partial charge in [0.2, 0.25) is 5.91 Å². The quantitative estimate of drug-likeness (QED) is 0.173. The summed E-state index contributed by atoms with van der Waals surface area (Å²) in [6, 6.07) is -1.76. The lowest BCUT2D eigenvalue weighted by molar-refractivity contribution is -0.281. The van der Waals surface area contributed by atoms with Gasteiger partial charge in [-0.15, -0.1) is 0 Å². The number of carbonyl (C=O) groups excluding carboxylic acids is 1. The van der Waals surface area contributed by atoms with Gasteiger partial charge in [-0.2, -0.15) is 4.94 Å². The minimum atomic E-state index is -1.11. The van der Waals surface area contributed by atoms with Crippen molar-refractivity contribution in [2.45, 2.75) is 147 Å². The highest BCUT2D eigenvalue weighted by molar-refractivity contribution is 5.72. The number of halogens is 1. The second-order valence-corrected chi connectivity index (χ2v) is 10.0. The van der Waals surface area contributed by atoms with E-state index in [4.69, 9.17) is 20.9 Å². The molecular weight excluding hydrogens is 453 g/mol. The van der Waals surface area contributed by atoms with Crippen molar-refractivity contribution in [3.8, 4) is 0 Å². The molecule has 0 spiro atoms. The molecule has 1 rings (SSSR count). The summed E-state index contributed by atoms with van der Waals surface area (Å²) in [5.74, 6) is -0.248. The largest absolute Gasteiger partial charge is 0.393 e. The van der Waals surface area contributed by atoms with E-state index >= 15 is 0 Å². The maximum atomic E-state index is 13.0. The van der Waals surface area contributed by atoms with Crippen molar-refractivity contribution in [3.05, 3.63) is 0 Å². The minimum Gasteiger partial charge on any atom is -0.393 e. The van der Waals surface area contributed by atoms with E-state index in [1.54, 1.807) is 0 Å². The summed E-state index contributed by atoms with van der Waals surface area (Å²) in [4.78, 5) is 15.1. The first kappa shape index (κ1) is 32.2. The van der Waals surface area contributed by atoms with Crippen LogP contribution in [0.15, 0.2) is 0 Å². The van der Waals surface area contributed by atoms with Crippen molar-refractivity contribution < 1.29 is 28.8 Å². The van der Waals surface area contributed by atoms with Gasteiger partial charge in [0.1, 0.15) is 6.10 Å². The molecule has 208 valence electrons. The van der Waals surface area contributed by atoms with Crippen LogP contribution in [0.4, 0.5) is 4.53 Å². The summed E-state index contributed by atoms with van der Waals surface area (Å²) >= 11 is 0. The summed E-state index contributed by atoms with van der Waals surface area (Å²) in [6.45, 7) is 3.95. The lowest BCUT2D eigenvalue weighted by Gasteiger charge is -2.41. The van der Waals surface area contributed by atoms with Crippen LogP contribution in [0.5, 0.6) is 0 Å². The van der Waals surface area contributed by atoms with Crippen molar-refractivity contribution in [2.24, 2.45) is 11.5 Å². The molecule has 0 radical (unpaired) electrons. The molecule has 6 N–H and O–H groups in total. The zero-order chi connectivity index (χ0) is 25.9. The molecule has 1 aliphatic heterocycles. The Morgan fingerprint density at radius 3 is 2.00 bits per heavy atom. The van der Waals surface area contributed by atoms with E-state index in [1.807, 2.05) is 0 Å². The Hall–Kier alpha value is -0.840. The molecule has 1 amide bonds. The first-order chi connectivity index (χ1) is 16.9. The van der Waals surface area contributed by atoms with Crippen molar-refractivity contribution in [1.29, 1.82) is 0 Å². The van der Waals surface area contributed by atoms with Gasteiger partial charge in [0.15, 0.2) is 6.29 Å². The van der Waals surface area contributed by atoms with Gasteiger partial charge in [-0.3, -0.25) is 4.79 Å². The van der Waals surface area contributed by atoms with Gasteiger partial charge < -0.3 is 31.4 Å². The number of hydrogen-bond acceptors (Lipinski definition) is 7. The van der Waals surface area contributed by atoms with Crippen LogP contribution in [0.2, 0.25) is 0 Å². The Kier molecular flexibility index (Phi) is 18.6. The van der Waals surface area contributed by atoms with Crippen LogP contribution in [0, 0.1) is 0 Å². The molecule has 1 saturated heterocycles. The predicted octanol–water partition coefficient (Wildman–Crippen LogP) is 4.02. The summed E-state index contributed by atoms with van der Waals surface area (Å²) in [5, 5.41) is 12.9. The molecule has 1 aliphatic rings. The van der Waals surface area contributed by atoms with Gasteiger partial charge in [0.05, 0.1) is 30.9 Å². The lowest BCUT2D eigenvalue weighted by Crippen LogP contribution is -2.66. The zero-order valence-electron chi connectivity index (χ0n) is 22.1. The van der Waals surface area contributed by atoms with E-state index in [-0.39, 0.29) is 19.1 Å². The Morgan fingerprint density at radius 1 is 0.943 bits per heavy atom. The average molecular weight is 506 g/mol. The van der Waals surface area contributed by atoms with Crippen LogP contribution in [0.1, 0.15) is 110 Å². The number of carbonyl (C=O) groups is 1. The number of rotatable bonds is 21. The third kappa shape index (κ3) is 14.5. The number of aliphatic hydroxyl groups excluding tert-OH is 1. The molecule has 1 fully saturated rings. The maximum Gasteiger partial charge on any atom is 0.216 e.